The van der Waals surface area contributed by atoms with Crippen molar-refractivity contribution < 1.29 is 18.7 Å². The molecule has 2 aromatic rings. The largest absolute Gasteiger partial charge is 0.488 e. The van der Waals surface area contributed by atoms with Crippen LogP contribution >= 0.6 is 15.9 Å². The first-order chi connectivity index (χ1) is 8.72. The van der Waals surface area contributed by atoms with Crippen LogP contribution in [0.3, 0.4) is 0 Å². The van der Waals surface area contributed by atoms with Crippen LogP contribution in [0.15, 0.2) is 45.5 Å². The smallest absolute Gasteiger partial charge is 0.374 e. The quantitative estimate of drug-likeness (QED) is 0.812. The zero-order valence-electron chi connectivity index (χ0n) is 9.68. The fourth-order valence-corrected chi connectivity index (χ4v) is 1.84. The Morgan fingerprint density at radius 2 is 2.11 bits per heavy atom. The molecule has 0 saturated heterocycles. The molecule has 94 valence electrons. The third-order valence-corrected chi connectivity index (χ3v) is 2.99. The summed E-state index contributed by atoms with van der Waals surface area (Å²) in [4.78, 5) is 11.4. The first-order valence-corrected chi connectivity index (χ1v) is 6.03. The van der Waals surface area contributed by atoms with E-state index in [-0.39, 0.29) is 12.4 Å². The van der Waals surface area contributed by atoms with Gasteiger partial charge in [0.15, 0.2) is 0 Å². The van der Waals surface area contributed by atoms with E-state index in [4.69, 9.17) is 9.15 Å². The summed E-state index contributed by atoms with van der Waals surface area (Å²) in [5.74, 6) is 0.366. The summed E-state index contributed by atoms with van der Waals surface area (Å²) in [5.41, 5.74) is 0.651. The molecule has 18 heavy (non-hydrogen) atoms. The average Bonchev–Trinajstić information content (AvgIpc) is 2.85. The number of halogens is 1. The number of rotatable bonds is 4. The predicted octanol–water partition coefficient (Wildman–Crippen LogP) is 3.41. The number of para-hydroxylation sites is 1. The van der Waals surface area contributed by atoms with Crippen molar-refractivity contribution in [3.05, 3.63) is 52.4 Å². The summed E-state index contributed by atoms with van der Waals surface area (Å²) in [6.07, 6.45) is 1.44. The van der Waals surface area contributed by atoms with Gasteiger partial charge in [0.1, 0.15) is 12.4 Å². The fraction of sp³-hybridized carbons (Fsp3) is 0.154. The first-order valence-electron chi connectivity index (χ1n) is 5.24. The number of furan rings is 1. The van der Waals surface area contributed by atoms with Crippen molar-refractivity contribution in [3.8, 4) is 5.75 Å². The number of hydrogen-bond acceptors (Lipinski definition) is 4. The van der Waals surface area contributed by atoms with Crippen LogP contribution in [-0.4, -0.2) is 13.1 Å². The Kier molecular flexibility index (Phi) is 4.04. The second-order valence-electron chi connectivity index (χ2n) is 3.49. The van der Waals surface area contributed by atoms with Crippen LogP contribution in [0.25, 0.3) is 0 Å². The minimum absolute atomic E-state index is 0.171. The predicted molar refractivity (Wildman–Crippen MR) is 68.5 cm³/mol. The molecular weight excluding hydrogens is 300 g/mol. The molecule has 5 heteroatoms. The maximum Gasteiger partial charge on any atom is 0.374 e. The van der Waals surface area contributed by atoms with E-state index in [2.05, 4.69) is 20.7 Å². The van der Waals surface area contributed by atoms with Gasteiger partial charge in [0, 0.05) is 5.56 Å². The van der Waals surface area contributed by atoms with Gasteiger partial charge in [0.25, 0.3) is 0 Å². The average molecular weight is 311 g/mol. The Bertz CT molecular complexity index is 547. The van der Waals surface area contributed by atoms with Crippen LogP contribution in [-0.2, 0) is 11.3 Å². The van der Waals surface area contributed by atoms with Crippen LogP contribution in [0.2, 0.25) is 0 Å². The summed E-state index contributed by atoms with van der Waals surface area (Å²) >= 11 is 3.38. The lowest BCUT2D eigenvalue weighted by molar-refractivity contribution is 0.0561. The zero-order valence-corrected chi connectivity index (χ0v) is 11.3. The van der Waals surface area contributed by atoms with Gasteiger partial charge in [0.2, 0.25) is 5.76 Å². The minimum atomic E-state index is -0.509. The second kappa shape index (κ2) is 5.73. The Balaban J connectivity index is 2.09. The topological polar surface area (TPSA) is 48.7 Å². The summed E-state index contributed by atoms with van der Waals surface area (Å²) < 4.78 is 16.1. The maximum atomic E-state index is 11.4. The molecule has 0 aliphatic rings. The molecule has 0 fully saturated rings. The molecule has 0 atom stereocenters. The lowest BCUT2D eigenvalue weighted by Gasteiger charge is -2.07. The van der Waals surface area contributed by atoms with Crippen molar-refractivity contribution in [2.45, 2.75) is 6.61 Å². The van der Waals surface area contributed by atoms with Crippen molar-refractivity contribution in [1.29, 1.82) is 0 Å². The van der Waals surface area contributed by atoms with Gasteiger partial charge in [-0.05, 0) is 34.1 Å². The first kappa shape index (κ1) is 12.7. The lowest BCUT2D eigenvalue weighted by atomic mass is 10.2. The SMILES string of the molecule is COC(=O)c1occc1COc1ccccc1Br. The van der Waals surface area contributed by atoms with Crippen molar-refractivity contribution in [2.75, 3.05) is 7.11 Å². The summed E-state index contributed by atoms with van der Waals surface area (Å²) in [6, 6.07) is 9.17. The van der Waals surface area contributed by atoms with Gasteiger partial charge in [0.05, 0.1) is 17.8 Å². The molecule has 0 amide bonds. The van der Waals surface area contributed by atoms with Crippen molar-refractivity contribution in [1.82, 2.24) is 0 Å². The summed E-state index contributed by atoms with van der Waals surface area (Å²) in [7, 11) is 1.31. The van der Waals surface area contributed by atoms with Gasteiger partial charge in [-0.3, -0.25) is 0 Å². The van der Waals surface area contributed by atoms with Gasteiger partial charge in [-0.1, -0.05) is 12.1 Å². The van der Waals surface area contributed by atoms with E-state index in [1.54, 1.807) is 6.07 Å². The lowest BCUT2D eigenvalue weighted by Crippen LogP contribution is -2.05. The molecule has 0 aliphatic carbocycles. The molecule has 1 aromatic carbocycles. The van der Waals surface area contributed by atoms with E-state index < -0.39 is 5.97 Å². The molecule has 0 N–H and O–H groups in total. The highest BCUT2D eigenvalue weighted by Gasteiger charge is 2.16. The Morgan fingerprint density at radius 1 is 1.33 bits per heavy atom. The summed E-state index contributed by atoms with van der Waals surface area (Å²) in [5, 5.41) is 0. The highest BCUT2D eigenvalue weighted by molar-refractivity contribution is 9.10. The monoisotopic (exact) mass is 310 g/mol. The van der Waals surface area contributed by atoms with E-state index in [1.807, 2.05) is 24.3 Å². The number of hydrogen-bond donors (Lipinski definition) is 0. The molecule has 0 unspecified atom stereocenters. The van der Waals surface area contributed by atoms with Crippen LogP contribution in [0, 0.1) is 0 Å². The number of benzene rings is 1. The molecule has 2 rings (SSSR count). The Morgan fingerprint density at radius 3 is 2.83 bits per heavy atom. The van der Waals surface area contributed by atoms with Crippen LogP contribution in [0.1, 0.15) is 16.1 Å². The Labute approximate surface area is 113 Å². The van der Waals surface area contributed by atoms with Gasteiger partial charge in [-0.25, -0.2) is 4.79 Å². The van der Waals surface area contributed by atoms with Crippen LogP contribution in [0.4, 0.5) is 0 Å². The molecule has 4 nitrogen and oxygen atoms in total. The molecule has 0 radical (unpaired) electrons. The number of methoxy groups -OCH3 is 1. The molecule has 0 saturated carbocycles. The zero-order chi connectivity index (χ0) is 13.0. The van der Waals surface area contributed by atoms with Gasteiger partial charge in [-0.2, -0.15) is 0 Å². The van der Waals surface area contributed by atoms with E-state index in [0.717, 1.165) is 4.47 Å². The third-order valence-electron chi connectivity index (χ3n) is 2.34. The number of ether oxygens (including phenoxy) is 2. The normalized spacial score (nSPS) is 10.1. The molecule has 0 bridgehead atoms. The van der Waals surface area contributed by atoms with Crippen LogP contribution in [0.5, 0.6) is 5.75 Å². The fourth-order valence-electron chi connectivity index (χ4n) is 1.44. The van der Waals surface area contributed by atoms with Crippen LogP contribution < -0.4 is 4.74 Å². The highest BCUT2D eigenvalue weighted by atomic mass is 79.9. The second-order valence-corrected chi connectivity index (χ2v) is 4.34. The van der Waals surface area contributed by atoms with E-state index in [1.165, 1.54) is 13.4 Å². The minimum Gasteiger partial charge on any atom is -0.488 e. The number of carbonyl (C=O) groups is 1. The summed E-state index contributed by atoms with van der Waals surface area (Å²) in [6.45, 7) is 0.240. The van der Waals surface area contributed by atoms with Gasteiger partial charge >= 0.3 is 5.97 Å². The van der Waals surface area contributed by atoms with Crippen molar-refractivity contribution in [2.24, 2.45) is 0 Å². The van der Waals surface area contributed by atoms with Gasteiger partial charge < -0.3 is 13.9 Å². The van der Waals surface area contributed by atoms with E-state index in [9.17, 15) is 4.79 Å². The molecule has 0 spiro atoms. The molecular formula is C13H11BrO4. The van der Waals surface area contributed by atoms with Crippen molar-refractivity contribution >= 4 is 21.9 Å². The maximum absolute atomic E-state index is 11.4. The Hall–Kier alpha value is -1.75. The van der Waals surface area contributed by atoms with Gasteiger partial charge in [-0.15, -0.1) is 0 Å². The number of carbonyl (C=O) groups excluding carboxylic acids is 1. The van der Waals surface area contributed by atoms with E-state index >= 15 is 0 Å². The molecule has 0 aliphatic heterocycles. The third kappa shape index (κ3) is 2.73. The van der Waals surface area contributed by atoms with E-state index in [0.29, 0.717) is 11.3 Å². The number of esters is 1. The molecule has 1 aromatic heterocycles. The molecule has 1 heterocycles. The standard InChI is InChI=1S/C13H11BrO4/c1-16-13(15)12-9(6-7-17-12)8-18-11-5-3-2-4-10(11)14/h2-7H,8H2,1H3. The highest BCUT2D eigenvalue weighted by Crippen LogP contribution is 2.25. The van der Waals surface area contributed by atoms with Crippen molar-refractivity contribution in [3.63, 3.8) is 0 Å².